The third-order valence-electron chi connectivity index (χ3n) is 0. The van der Waals surface area contributed by atoms with Gasteiger partial charge in [0.2, 0.25) is 13.7 Å². The zero-order valence-corrected chi connectivity index (χ0v) is 5.80. The minimum absolute atomic E-state index is 0.833. The molecule has 0 aromatic heterocycles. The number of carboxylic acid groups (broad SMARTS) is 1. The highest BCUT2D eigenvalue weighted by molar-refractivity contribution is 6.54. The summed E-state index contributed by atoms with van der Waals surface area (Å²) in [5.41, 5.74) is 0. The van der Waals surface area contributed by atoms with Gasteiger partial charge in [-0.25, -0.2) is 0 Å². The Kier molecular flexibility index (Phi) is 8.50. The number of hydrogen-bond donors (Lipinski definition) is 1. The number of nitrogens with zero attached hydrogens (tertiary/aromatic N) is 1. The van der Waals surface area contributed by atoms with Crippen LogP contribution in [0.4, 0.5) is 4.79 Å². The fourth-order valence-electron chi connectivity index (χ4n) is 0. The van der Waals surface area contributed by atoms with Gasteiger partial charge in [0.15, 0.2) is 0 Å². The summed E-state index contributed by atoms with van der Waals surface area (Å²) in [6.07, 6.45) is 0. The molecule has 0 aromatic rings. The molecule has 0 saturated carbocycles. The van der Waals surface area contributed by atoms with Gasteiger partial charge < -0.3 is 10.0 Å². The van der Waals surface area contributed by atoms with Crippen molar-refractivity contribution in [2.45, 2.75) is 0 Å². The smallest absolute Gasteiger partial charge is 0.242 e. The predicted octanol–water partition coefficient (Wildman–Crippen LogP) is -0.525. The maximum Gasteiger partial charge on any atom is 0.242 e. The van der Waals surface area contributed by atoms with E-state index in [9.17, 15) is 0 Å². The summed E-state index contributed by atoms with van der Waals surface area (Å²) < 4.78 is 0. The molecule has 0 aliphatic heterocycles. The molecule has 0 unspecified atom stereocenters. The first-order valence-corrected chi connectivity index (χ1v) is 2.27. The first kappa shape index (κ1) is 10.5. The normalized spacial score (nSPS) is 7.50. The van der Waals surface area contributed by atoms with Crippen LogP contribution in [0, 0.1) is 0 Å². The van der Waals surface area contributed by atoms with Gasteiger partial charge in [0.1, 0.15) is 0 Å². The van der Waals surface area contributed by atoms with Gasteiger partial charge in [-0.3, -0.25) is 4.79 Å². The summed E-state index contributed by atoms with van der Waals surface area (Å²) in [5.74, 6) is -0.833. The van der Waals surface area contributed by atoms with E-state index < -0.39 is 5.87 Å². The fraction of sp³-hybridized carbons (Fsp3) is 0.750. The molecule has 0 spiro atoms. The van der Waals surface area contributed by atoms with Crippen molar-refractivity contribution in [3.05, 3.63) is 0 Å². The highest BCUT2D eigenvalue weighted by Gasteiger charge is 1.67. The largest absolute Gasteiger partial charge is 0.490 e. The molecule has 0 aliphatic carbocycles. The minimum atomic E-state index is -0.833. The van der Waals surface area contributed by atoms with Crippen molar-refractivity contribution >= 4 is 13.7 Å². The maximum atomic E-state index is 9.00. The van der Waals surface area contributed by atoms with E-state index in [1.807, 2.05) is 26.0 Å². The zero-order chi connectivity index (χ0) is 7.15. The van der Waals surface area contributed by atoms with Crippen molar-refractivity contribution in [3.63, 3.8) is 0 Å². The van der Waals surface area contributed by atoms with Crippen LogP contribution >= 0.6 is 0 Å². The van der Waals surface area contributed by atoms with E-state index >= 15 is 0 Å². The van der Waals surface area contributed by atoms with Gasteiger partial charge in [0.05, 0.1) is 0 Å². The summed E-state index contributed by atoms with van der Waals surface area (Å²) >= 11 is 0. The first-order valence-electron chi connectivity index (χ1n) is 2.27. The topological polar surface area (TPSA) is 40.5 Å². The molecular formula is C4H12BNO2. The van der Waals surface area contributed by atoms with Crippen LogP contribution in [0.3, 0.4) is 0 Å². The molecule has 3 nitrogen and oxygen atoms in total. The van der Waals surface area contributed by atoms with Crippen molar-refractivity contribution in [2.24, 2.45) is 0 Å². The molecule has 0 aliphatic rings. The van der Waals surface area contributed by atoms with Crippen LogP contribution in [0.2, 0.25) is 0 Å². The van der Waals surface area contributed by atoms with Gasteiger partial charge in [-0.2, -0.15) is 0 Å². The van der Waals surface area contributed by atoms with Gasteiger partial charge in [-0.05, 0) is 21.1 Å². The standard InChI is InChI=1S/C3H9N.CH3BO2/c1-4(2)3;2-1(3)4/h1-3H3;2H2,(H,3,4). The molecule has 8 heavy (non-hydrogen) atoms. The van der Waals surface area contributed by atoms with E-state index in [1.54, 1.807) is 0 Å². The molecule has 0 radical (unpaired) electrons. The van der Waals surface area contributed by atoms with E-state index in [0.717, 1.165) is 7.85 Å². The SMILES string of the molecule is BC(=O)O.CN(C)C. The van der Waals surface area contributed by atoms with E-state index in [4.69, 9.17) is 9.90 Å². The second kappa shape index (κ2) is 6.49. The molecule has 0 fully saturated rings. The minimum Gasteiger partial charge on any atom is -0.490 e. The van der Waals surface area contributed by atoms with Crippen molar-refractivity contribution in [3.8, 4) is 0 Å². The summed E-state index contributed by atoms with van der Waals surface area (Å²) in [4.78, 5) is 11.0. The van der Waals surface area contributed by atoms with Gasteiger partial charge in [0, 0.05) is 0 Å². The third-order valence-corrected chi connectivity index (χ3v) is 0. The second-order valence-corrected chi connectivity index (χ2v) is 1.86. The average molecular weight is 117 g/mol. The Morgan fingerprint density at radius 2 is 1.50 bits per heavy atom. The van der Waals surface area contributed by atoms with Crippen LogP contribution in [0.1, 0.15) is 0 Å². The van der Waals surface area contributed by atoms with Gasteiger partial charge in [0.25, 0.3) is 0 Å². The Morgan fingerprint density at radius 3 is 1.50 bits per heavy atom. The number of carbonyl (C=O) groups is 1. The molecule has 48 valence electrons. The molecule has 0 saturated heterocycles. The summed E-state index contributed by atoms with van der Waals surface area (Å²) in [6.45, 7) is 0. The van der Waals surface area contributed by atoms with Crippen molar-refractivity contribution in [1.29, 1.82) is 0 Å². The van der Waals surface area contributed by atoms with E-state index in [1.165, 1.54) is 0 Å². The molecule has 0 rings (SSSR count). The first-order chi connectivity index (χ1) is 3.46. The van der Waals surface area contributed by atoms with Crippen LogP contribution in [0.25, 0.3) is 0 Å². The second-order valence-electron chi connectivity index (χ2n) is 1.86. The molecule has 0 aromatic carbocycles. The van der Waals surface area contributed by atoms with Crippen molar-refractivity contribution in [2.75, 3.05) is 21.1 Å². The quantitative estimate of drug-likeness (QED) is 0.434. The molecule has 0 amide bonds. The van der Waals surface area contributed by atoms with Crippen LogP contribution in [-0.2, 0) is 0 Å². The lowest BCUT2D eigenvalue weighted by Gasteiger charge is -1.90. The molecule has 4 heteroatoms. The monoisotopic (exact) mass is 117 g/mol. The Morgan fingerprint density at radius 1 is 1.50 bits per heavy atom. The van der Waals surface area contributed by atoms with Gasteiger partial charge in [-0.15, -0.1) is 0 Å². The highest BCUT2D eigenvalue weighted by Crippen LogP contribution is 1.47. The summed E-state index contributed by atoms with van der Waals surface area (Å²) in [7, 11) is 7.08. The summed E-state index contributed by atoms with van der Waals surface area (Å²) in [5, 5.41) is 7.42. The average Bonchev–Trinajstić information content (AvgIpc) is 1.25. The van der Waals surface area contributed by atoms with Gasteiger partial charge >= 0.3 is 0 Å². The third kappa shape index (κ3) is 435. The van der Waals surface area contributed by atoms with Crippen molar-refractivity contribution < 1.29 is 9.90 Å². The van der Waals surface area contributed by atoms with Crippen LogP contribution in [0.15, 0.2) is 0 Å². The highest BCUT2D eigenvalue weighted by atomic mass is 16.4. The summed E-state index contributed by atoms with van der Waals surface area (Å²) in [6, 6.07) is 0. The Labute approximate surface area is 50.7 Å². The zero-order valence-electron chi connectivity index (χ0n) is 5.80. The van der Waals surface area contributed by atoms with E-state index in [-0.39, 0.29) is 0 Å². The molecule has 0 heterocycles. The van der Waals surface area contributed by atoms with E-state index in [2.05, 4.69) is 0 Å². The van der Waals surface area contributed by atoms with Crippen LogP contribution in [-0.4, -0.2) is 44.9 Å². The Balaban J connectivity index is 0. The predicted molar refractivity (Wildman–Crippen MR) is 36.2 cm³/mol. The maximum absolute atomic E-state index is 9.00. The number of rotatable bonds is 0. The molecule has 1 N–H and O–H groups in total. The lowest BCUT2D eigenvalue weighted by molar-refractivity contribution is 0.220. The fourth-order valence-corrected chi connectivity index (χ4v) is 0. The van der Waals surface area contributed by atoms with Gasteiger partial charge in [-0.1, -0.05) is 0 Å². The lowest BCUT2D eigenvalue weighted by Crippen LogP contribution is -1.99. The number of hydrogen-bond acceptors (Lipinski definition) is 2. The lowest BCUT2D eigenvalue weighted by atomic mass is 10.2. The Hall–Kier alpha value is -0.505. The molecular weight excluding hydrogens is 105 g/mol. The van der Waals surface area contributed by atoms with Crippen LogP contribution < -0.4 is 0 Å². The Bertz CT molecular complexity index is 58.3. The molecule has 0 atom stereocenters. The van der Waals surface area contributed by atoms with E-state index in [0.29, 0.717) is 0 Å². The molecule has 0 bridgehead atoms. The van der Waals surface area contributed by atoms with Crippen molar-refractivity contribution in [1.82, 2.24) is 4.90 Å². The van der Waals surface area contributed by atoms with Crippen LogP contribution in [0.5, 0.6) is 0 Å².